The Morgan fingerprint density at radius 3 is 2.95 bits per heavy atom. The van der Waals surface area contributed by atoms with Gasteiger partial charge in [-0.15, -0.1) is 0 Å². The number of ether oxygens (including phenoxy) is 1. The molecule has 120 valence electrons. The first-order valence-electron chi connectivity index (χ1n) is 7.43. The Balaban J connectivity index is 1.43. The number of fused-ring (bicyclic) bond motifs is 1. The number of benzene rings is 1. The van der Waals surface area contributed by atoms with Gasteiger partial charge in [0.05, 0.1) is 12.2 Å². The summed E-state index contributed by atoms with van der Waals surface area (Å²) in [4.78, 5) is 11.4. The number of carbonyl (C=O) groups excluding carboxylic acids is 1. The van der Waals surface area contributed by atoms with Crippen LogP contribution in [0.4, 0.5) is 0 Å². The molecule has 0 aromatic heterocycles. The number of aliphatic hydroxyl groups is 2. The van der Waals surface area contributed by atoms with Crippen molar-refractivity contribution in [3.63, 3.8) is 0 Å². The van der Waals surface area contributed by atoms with Gasteiger partial charge in [-0.3, -0.25) is 4.79 Å². The van der Waals surface area contributed by atoms with Gasteiger partial charge < -0.3 is 14.9 Å². The van der Waals surface area contributed by atoms with Crippen LogP contribution in [0.25, 0.3) is 0 Å². The molecule has 2 saturated carbocycles. The molecule has 0 spiro atoms. The molecule has 2 fully saturated rings. The molecule has 0 radical (unpaired) electrons. The average molecular weight is 343 g/mol. The normalized spacial score (nSPS) is 31.5. The summed E-state index contributed by atoms with van der Waals surface area (Å²) in [5.74, 6) is 1.72. The summed E-state index contributed by atoms with van der Waals surface area (Å²) in [6.07, 6.45) is 0.101. The van der Waals surface area contributed by atoms with Crippen LogP contribution in [0.3, 0.4) is 0 Å². The number of halogens is 1. The second-order valence-electron chi connectivity index (χ2n) is 5.96. The minimum atomic E-state index is -0.619. The summed E-state index contributed by atoms with van der Waals surface area (Å²) in [5, 5.41) is 20.7. The highest BCUT2D eigenvalue weighted by Crippen LogP contribution is 2.49. The molecule has 0 saturated heterocycles. The quantitative estimate of drug-likeness (QED) is 0.829. The van der Waals surface area contributed by atoms with Crippen molar-refractivity contribution in [2.75, 3.05) is 12.4 Å². The highest BCUT2D eigenvalue weighted by molar-refractivity contribution is 8.00. The van der Waals surface area contributed by atoms with E-state index in [4.69, 9.17) is 16.3 Å². The van der Waals surface area contributed by atoms with Crippen molar-refractivity contribution in [3.05, 3.63) is 29.3 Å². The fourth-order valence-electron chi connectivity index (χ4n) is 3.19. The van der Waals surface area contributed by atoms with E-state index in [-0.39, 0.29) is 29.5 Å². The molecule has 0 amide bonds. The summed E-state index contributed by atoms with van der Waals surface area (Å²) in [7, 11) is 0. The topological polar surface area (TPSA) is 66.8 Å². The molecule has 0 bridgehead atoms. The van der Waals surface area contributed by atoms with Crippen molar-refractivity contribution in [3.8, 4) is 5.75 Å². The number of carbonyl (C=O) groups is 1. The van der Waals surface area contributed by atoms with E-state index in [1.165, 1.54) is 0 Å². The van der Waals surface area contributed by atoms with E-state index in [1.54, 1.807) is 36.0 Å². The number of thioether (sulfide) groups is 1. The van der Waals surface area contributed by atoms with E-state index < -0.39 is 12.2 Å². The zero-order valence-corrected chi connectivity index (χ0v) is 13.6. The SMILES string of the molecule is O=C1C[C@@H]2[C@@H](SCC(O)COc3cccc(Cl)c3)[C@H](O)C[C@H]12. The molecule has 4 nitrogen and oxygen atoms in total. The first-order valence-corrected chi connectivity index (χ1v) is 8.86. The van der Waals surface area contributed by atoms with E-state index in [1.807, 2.05) is 0 Å². The minimum Gasteiger partial charge on any atom is -0.491 e. The summed E-state index contributed by atoms with van der Waals surface area (Å²) in [6.45, 7) is 0.184. The minimum absolute atomic E-state index is 0.0485. The van der Waals surface area contributed by atoms with Crippen molar-refractivity contribution in [1.82, 2.24) is 0 Å². The van der Waals surface area contributed by atoms with Crippen LogP contribution in [-0.2, 0) is 4.79 Å². The maximum atomic E-state index is 11.4. The molecule has 5 atom stereocenters. The van der Waals surface area contributed by atoms with Crippen LogP contribution >= 0.6 is 23.4 Å². The van der Waals surface area contributed by atoms with Gasteiger partial charge in [0.15, 0.2) is 0 Å². The van der Waals surface area contributed by atoms with Crippen molar-refractivity contribution >= 4 is 29.1 Å². The molecule has 1 unspecified atom stereocenters. The third-order valence-corrected chi connectivity index (χ3v) is 6.24. The van der Waals surface area contributed by atoms with Crippen LogP contribution in [0.2, 0.25) is 5.02 Å². The van der Waals surface area contributed by atoms with E-state index in [9.17, 15) is 15.0 Å². The van der Waals surface area contributed by atoms with Crippen LogP contribution in [-0.4, -0.2) is 45.8 Å². The Labute approximate surface area is 138 Å². The maximum absolute atomic E-state index is 11.4. The molecule has 6 heteroatoms. The maximum Gasteiger partial charge on any atom is 0.136 e. The predicted octanol–water partition coefficient (Wildman–Crippen LogP) is 2.15. The van der Waals surface area contributed by atoms with Crippen LogP contribution in [0, 0.1) is 11.8 Å². The number of Topliss-reactive ketones (excluding diaryl/α,β-unsaturated/α-hetero) is 1. The summed E-state index contributed by atoms with van der Waals surface area (Å²) in [6, 6.07) is 7.05. The largest absolute Gasteiger partial charge is 0.491 e. The summed E-state index contributed by atoms with van der Waals surface area (Å²) < 4.78 is 5.51. The number of ketones is 1. The standard InChI is InChI=1S/C16H19ClO4S/c17-9-2-1-3-11(4-9)21-7-10(18)8-22-16-13-6-14(19)12(13)5-15(16)20/h1-4,10,12-13,15-16,18,20H,5-8H2/t10?,12-,13-,15+,16+/m0/s1. The second-order valence-corrected chi connectivity index (χ2v) is 7.61. The van der Waals surface area contributed by atoms with Gasteiger partial charge >= 0.3 is 0 Å². The molecule has 0 heterocycles. The van der Waals surface area contributed by atoms with Crippen molar-refractivity contribution in [2.24, 2.45) is 11.8 Å². The van der Waals surface area contributed by atoms with E-state index in [0.29, 0.717) is 29.4 Å². The van der Waals surface area contributed by atoms with Crippen molar-refractivity contribution in [2.45, 2.75) is 30.3 Å². The van der Waals surface area contributed by atoms with Gasteiger partial charge in [0, 0.05) is 28.4 Å². The fraction of sp³-hybridized carbons (Fsp3) is 0.562. The lowest BCUT2D eigenvalue weighted by atomic mass is 9.75. The van der Waals surface area contributed by atoms with Crippen molar-refractivity contribution < 1.29 is 19.7 Å². The third-order valence-electron chi connectivity index (χ3n) is 4.38. The molecular weight excluding hydrogens is 324 g/mol. The smallest absolute Gasteiger partial charge is 0.136 e. The van der Waals surface area contributed by atoms with E-state index in [2.05, 4.69) is 0 Å². The molecular formula is C16H19ClO4S. The zero-order chi connectivity index (χ0) is 15.7. The zero-order valence-electron chi connectivity index (χ0n) is 12.0. The number of hydrogen-bond acceptors (Lipinski definition) is 5. The molecule has 22 heavy (non-hydrogen) atoms. The predicted molar refractivity (Wildman–Crippen MR) is 86.4 cm³/mol. The summed E-state index contributed by atoms with van der Waals surface area (Å²) in [5.41, 5.74) is 0. The third kappa shape index (κ3) is 3.43. The summed E-state index contributed by atoms with van der Waals surface area (Å²) >= 11 is 7.41. The number of rotatable bonds is 6. The molecule has 2 aliphatic carbocycles. The van der Waals surface area contributed by atoms with Gasteiger partial charge in [0.2, 0.25) is 0 Å². The Hall–Kier alpha value is -0.750. The lowest BCUT2D eigenvalue weighted by Crippen LogP contribution is -2.38. The van der Waals surface area contributed by atoms with Gasteiger partial charge in [0.25, 0.3) is 0 Å². The van der Waals surface area contributed by atoms with Gasteiger partial charge in [-0.25, -0.2) is 0 Å². The second kappa shape index (κ2) is 6.79. The van der Waals surface area contributed by atoms with Crippen LogP contribution in [0.5, 0.6) is 5.75 Å². The van der Waals surface area contributed by atoms with Gasteiger partial charge in [-0.1, -0.05) is 17.7 Å². The number of hydrogen-bond donors (Lipinski definition) is 2. The van der Waals surface area contributed by atoms with Gasteiger partial charge in [-0.05, 0) is 30.5 Å². The van der Waals surface area contributed by atoms with Gasteiger partial charge in [-0.2, -0.15) is 11.8 Å². The Kier molecular flexibility index (Phi) is 4.97. The van der Waals surface area contributed by atoms with E-state index in [0.717, 1.165) is 0 Å². The highest BCUT2D eigenvalue weighted by Gasteiger charge is 2.53. The highest BCUT2D eigenvalue weighted by atomic mass is 35.5. The number of aliphatic hydroxyl groups excluding tert-OH is 2. The van der Waals surface area contributed by atoms with E-state index >= 15 is 0 Å². The Bertz CT molecular complexity index is 553. The molecule has 1 aromatic carbocycles. The Morgan fingerprint density at radius 1 is 1.45 bits per heavy atom. The molecule has 0 aliphatic heterocycles. The molecule has 1 aromatic rings. The van der Waals surface area contributed by atoms with Gasteiger partial charge in [0.1, 0.15) is 18.1 Å². The lowest BCUT2D eigenvalue weighted by molar-refractivity contribution is -0.132. The van der Waals surface area contributed by atoms with Crippen LogP contribution in [0.1, 0.15) is 12.8 Å². The lowest BCUT2D eigenvalue weighted by Gasteiger charge is -2.32. The monoisotopic (exact) mass is 342 g/mol. The molecule has 2 aliphatic rings. The first kappa shape index (κ1) is 16.1. The average Bonchev–Trinajstić information content (AvgIpc) is 2.74. The molecule has 2 N–H and O–H groups in total. The first-order chi connectivity index (χ1) is 10.5. The molecule has 3 rings (SSSR count). The van der Waals surface area contributed by atoms with Crippen molar-refractivity contribution in [1.29, 1.82) is 0 Å². The Morgan fingerprint density at radius 2 is 2.27 bits per heavy atom. The fourth-order valence-corrected chi connectivity index (χ4v) is 4.78. The van der Waals surface area contributed by atoms with Crippen LogP contribution in [0.15, 0.2) is 24.3 Å². The van der Waals surface area contributed by atoms with Crippen LogP contribution < -0.4 is 4.74 Å².